The van der Waals surface area contributed by atoms with Gasteiger partial charge in [-0.05, 0) is 24.6 Å². The average molecular weight is 428 g/mol. The monoisotopic (exact) mass is 428 g/mol. The first-order valence-electron chi connectivity index (χ1n) is 8.65. The summed E-state index contributed by atoms with van der Waals surface area (Å²) >= 11 is 0.991. The number of benzene rings is 1. The molecule has 0 N–H and O–H groups in total. The van der Waals surface area contributed by atoms with Crippen molar-refractivity contribution in [3.05, 3.63) is 56.5 Å². The van der Waals surface area contributed by atoms with Gasteiger partial charge in [0.2, 0.25) is 0 Å². The number of hydrogen-bond acceptors (Lipinski definition) is 4. The molecule has 154 valence electrons. The lowest BCUT2D eigenvalue weighted by molar-refractivity contribution is -0.137. The molecule has 2 heterocycles. The Hall–Kier alpha value is -2.82. The summed E-state index contributed by atoms with van der Waals surface area (Å²) < 4.78 is 55.9. The van der Waals surface area contributed by atoms with Crippen LogP contribution in [-0.2, 0) is 19.8 Å². The van der Waals surface area contributed by atoms with E-state index >= 15 is 0 Å². The predicted molar refractivity (Wildman–Crippen MR) is 99.1 cm³/mol. The number of alkyl halides is 3. The standard InChI is InChI=1S/C18H16F4N4O2S/c1-3-4-7-26-14-13(9-23-25(2)16(14)28)29-17(26)24-15(27)11-8-10(18(20,21)22)5-6-12(11)19/h5-6,8-9H,3-4,7H2,1-2H3. The van der Waals surface area contributed by atoms with E-state index in [1.54, 1.807) is 0 Å². The number of amides is 1. The van der Waals surface area contributed by atoms with Crippen LogP contribution in [0.1, 0.15) is 35.7 Å². The minimum atomic E-state index is -4.72. The molecule has 29 heavy (non-hydrogen) atoms. The number of aryl methyl sites for hydroxylation is 2. The largest absolute Gasteiger partial charge is 0.416 e. The van der Waals surface area contributed by atoms with Crippen LogP contribution in [0, 0.1) is 5.82 Å². The van der Waals surface area contributed by atoms with Crippen LogP contribution < -0.4 is 10.4 Å². The predicted octanol–water partition coefficient (Wildman–Crippen LogP) is 3.50. The van der Waals surface area contributed by atoms with Crippen molar-refractivity contribution in [3.63, 3.8) is 0 Å². The van der Waals surface area contributed by atoms with Crippen molar-refractivity contribution in [2.45, 2.75) is 32.5 Å². The number of fused-ring (bicyclic) bond motifs is 1. The summed E-state index contributed by atoms with van der Waals surface area (Å²) in [5.74, 6) is -2.26. The average Bonchev–Trinajstić information content (AvgIpc) is 3.00. The number of hydrogen-bond donors (Lipinski definition) is 0. The highest BCUT2D eigenvalue weighted by atomic mass is 32.1. The van der Waals surface area contributed by atoms with Crippen LogP contribution in [0.3, 0.4) is 0 Å². The number of thiazole rings is 1. The molecule has 1 amide bonds. The van der Waals surface area contributed by atoms with Crippen LogP contribution in [-0.4, -0.2) is 20.3 Å². The first-order chi connectivity index (χ1) is 13.6. The Morgan fingerprint density at radius 1 is 1.31 bits per heavy atom. The lowest BCUT2D eigenvalue weighted by Crippen LogP contribution is -2.25. The lowest BCUT2D eigenvalue weighted by atomic mass is 10.1. The smallest absolute Gasteiger partial charge is 0.312 e. The van der Waals surface area contributed by atoms with Crippen LogP contribution in [0.5, 0.6) is 0 Å². The summed E-state index contributed by atoms with van der Waals surface area (Å²) in [6, 6.07) is 1.58. The van der Waals surface area contributed by atoms with Crippen molar-refractivity contribution < 1.29 is 22.4 Å². The molecule has 1 aromatic carbocycles. The Kier molecular flexibility index (Phi) is 5.69. The maximum absolute atomic E-state index is 14.0. The van der Waals surface area contributed by atoms with Crippen LogP contribution in [0.15, 0.2) is 34.2 Å². The molecule has 0 unspecified atom stereocenters. The van der Waals surface area contributed by atoms with Gasteiger partial charge in [0, 0.05) is 13.6 Å². The Bertz CT molecular complexity index is 1210. The highest BCUT2D eigenvalue weighted by Gasteiger charge is 2.32. The van der Waals surface area contributed by atoms with E-state index in [1.807, 2.05) is 6.92 Å². The van der Waals surface area contributed by atoms with E-state index in [-0.39, 0.29) is 10.3 Å². The van der Waals surface area contributed by atoms with Gasteiger partial charge in [-0.3, -0.25) is 9.59 Å². The number of unbranched alkanes of at least 4 members (excludes halogenated alkanes) is 1. The summed E-state index contributed by atoms with van der Waals surface area (Å²) in [4.78, 5) is 28.9. The van der Waals surface area contributed by atoms with Crippen molar-refractivity contribution in [1.82, 2.24) is 14.3 Å². The van der Waals surface area contributed by atoms with E-state index in [1.165, 1.54) is 17.8 Å². The van der Waals surface area contributed by atoms with Crippen molar-refractivity contribution in [1.29, 1.82) is 0 Å². The van der Waals surface area contributed by atoms with Gasteiger partial charge < -0.3 is 4.57 Å². The highest BCUT2D eigenvalue weighted by molar-refractivity contribution is 7.16. The normalized spacial score (nSPS) is 12.7. The topological polar surface area (TPSA) is 69.2 Å². The maximum atomic E-state index is 14.0. The second kappa shape index (κ2) is 7.90. The van der Waals surface area contributed by atoms with Gasteiger partial charge in [-0.1, -0.05) is 24.7 Å². The Morgan fingerprint density at radius 2 is 2.03 bits per heavy atom. The molecule has 0 bridgehead atoms. The zero-order valence-electron chi connectivity index (χ0n) is 15.5. The second-order valence-corrected chi connectivity index (χ2v) is 7.29. The number of halogens is 4. The van der Waals surface area contributed by atoms with Crippen molar-refractivity contribution in [2.24, 2.45) is 12.0 Å². The van der Waals surface area contributed by atoms with Gasteiger partial charge in [0.25, 0.3) is 11.5 Å². The molecule has 3 rings (SSSR count). The summed E-state index contributed by atoms with van der Waals surface area (Å²) in [5, 5.41) is 3.92. The molecule has 0 saturated heterocycles. The zero-order valence-corrected chi connectivity index (χ0v) is 16.3. The Balaban J connectivity index is 2.19. The Labute approximate surface area is 165 Å². The van der Waals surface area contributed by atoms with E-state index in [2.05, 4.69) is 10.1 Å². The lowest BCUT2D eigenvalue weighted by Gasteiger charge is -2.08. The molecule has 6 nitrogen and oxygen atoms in total. The molecule has 0 fully saturated rings. The number of carbonyl (C=O) groups is 1. The molecule has 0 saturated carbocycles. The van der Waals surface area contributed by atoms with Gasteiger partial charge >= 0.3 is 6.18 Å². The highest BCUT2D eigenvalue weighted by Crippen LogP contribution is 2.30. The SMILES string of the molecule is CCCCn1c(=NC(=O)c2cc(C(F)(F)F)ccc2F)sc2cnn(C)c(=O)c21. The molecule has 0 aliphatic carbocycles. The van der Waals surface area contributed by atoms with Gasteiger partial charge in [0.15, 0.2) is 4.80 Å². The van der Waals surface area contributed by atoms with Crippen LogP contribution in [0.25, 0.3) is 10.2 Å². The molecule has 0 aliphatic heterocycles. The Morgan fingerprint density at radius 3 is 2.69 bits per heavy atom. The van der Waals surface area contributed by atoms with E-state index in [4.69, 9.17) is 0 Å². The number of nitrogens with zero attached hydrogens (tertiary/aromatic N) is 4. The molecular formula is C18H16F4N4O2S. The fourth-order valence-electron chi connectivity index (χ4n) is 2.70. The van der Waals surface area contributed by atoms with Gasteiger partial charge in [0.05, 0.1) is 22.0 Å². The van der Waals surface area contributed by atoms with Gasteiger partial charge in [-0.2, -0.15) is 23.3 Å². The molecule has 0 spiro atoms. The minimum absolute atomic E-state index is 0.0976. The molecule has 0 aliphatic rings. The van der Waals surface area contributed by atoms with Crippen LogP contribution >= 0.6 is 11.3 Å². The van der Waals surface area contributed by atoms with E-state index in [0.717, 1.165) is 22.4 Å². The fourth-order valence-corrected chi connectivity index (χ4v) is 3.72. The molecule has 3 aromatic rings. The van der Waals surface area contributed by atoms with Gasteiger partial charge in [-0.15, -0.1) is 0 Å². The van der Waals surface area contributed by atoms with Crippen LogP contribution in [0.2, 0.25) is 0 Å². The van der Waals surface area contributed by atoms with Crippen LogP contribution in [0.4, 0.5) is 17.6 Å². The number of aromatic nitrogens is 3. The van der Waals surface area contributed by atoms with Gasteiger partial charge in [-0.25, -0.2) is 9.07 Å². The number of rotatable bonds is 4. The van der Waals surface area contributed by atoms with Gasteiger partial charge in [0.1, 0.15) is 11.3 Å². The molecule has 2 aromatic heterocycles. The summed E-state index contributed by atoms with van der Waals surface area (Å²) in [7, 11) is 1.48. The molecule has 0 atom stereocenters. The third kappa shape index (κ3) is 4.14. The zero-order chi connectivity index (χ0) is 21.3. The molecule has 0 radical (unpaired) electrons. The third-order valence-corrected chi connectivity index (χ3v) is 5.25. The maximum Gasteiger partial charge on any atom is 0.416 e. The van der Waals surface area contributed by atoms with E-state index < -0.39 is 34.6 Å². The molecule has 11 heteroatoms. The van der Waals surface area contributed by atoms with E-state index in [0.29, 0.717) is 35.9 Å². The summed E-state index contributed by atoms with van der Waals surface area (Å²) in [6.07, 6.45) is -1.81. The third-order valence-electron chi connectivity index (χ3n) is 4.24. The quantitative estimate of drug-likeness (QED) is 0.598. The van der Waals surface area contributed by atoms with Crippen molar-refractivity contribution in [3.8, 4) is 0 Å². The second-order valence-electron chi connectivity index (χ2n) is 6.29. The van der Waals surface area contributed by atoms with E-state index in [9.17, 15) is 27.2 Å². The first-order valence-corrected chi connectivity index (χ1v) is 9.46. The molecular weight excluding hydrogens is 412 g/mol. The minimum Gasteiger partial charge on any atom is -0.312 e. The first kappa shape index (κ1) is 20.9. The van der Waals surface area contributed by atoms with Crippen molar-refractivity contribution >= 4 is 27.5 Å². The summed E-state index contributed by atoms with van der Waals surface area (Å²) in [6.45, 7) is 2.31. The fraction of sp³-hybridized carbons (Fsp3) is 0.333. The summed E-state index contributed by atoms with van der Waals surface area (Å²) in [5.41, 5.74) is -2.04. The van der Waals surface area contributed by atoms with Crippen molar-refractivity contribution in [2.75, 3.05) is 0 Å². The number of carbonyl (C=O) groups excluding carboxylic acids is 1.